The minimum absolute atomic E-state index is 0.181. The average Bonchev–Trinajstić information content (AvgIpc) is 2.76. The van der Waals surface area contributed by atoms with Crippen LogP contribution in [0.5, 0.6) is 17.2 Å². The lowest BCUT2D eigenvalue weighted by atomic mass is 10.1. The maximum absolute atomic E-state index is 13.1. The van der Waals surface area contributed by atoms with Crippen LogP contribution in [0.25, 0.3) is 6.08 Å². The quantitative estimate of drug-likeness (QED) is 0.515. The lowest BCUT2D eigenvalue weighted by molar-refractivity contribution is -0.122. The number of nitrogens with one attached hydrogen (secondary N) is 1. The van der Waals surface area contributed by atoms with E-state index < -0.39 is 17.8 Å². The number of imide groups is 2. The second kappa shape index (κ2) is 9.80. The molecule has 0 radical (unpaired) electrons. The fraction of sp³-hybridized carbons (Fsp3) is 0.261. The van der Waals surface area contributed by atoms with Gasteiger partial charge in [0.2, 0.25) is 0 Å². The first-order valence-electron chi connectivity index (χ1n) is 9.93. The van der Waals surface area contributed by atoms with Crippen molar-refractivity contribution in [2.45, 2.75) is 20.3 Å². The Bertz CT molecular complexity index is 1010. The molecule has 0 aromatic heterocycles. The molecule has 1 fully saturated rings. The van der Waals surface area contributed by atoms with E-state index in [1.165, 1.54) is 13.2 Å². The zero-order valence-corrected chi connectivity index (χ0v) is 17.6. The van der Waals surface area contributed by atoms with Crippen LogP contribution in [-0.4, -0.2) is 38.2 Å². The molecule has 0 saturated carbocycles. The first-order valence-corrected chi connectivity index (χ1v) is 9.93. The number of methoxy groups -OCH3 is 1. The molecule has 1 heterocycles. The molecule has 0 spiro atoms. The summed E-state index contributed by atoms with van der Waals surface area (Å²) >= 11 is 0. The zero-order chi connectivity index (χ0) is 22.4. The lowest BCUT2D eigenvalue weighted by Gasteiger charge is -2.26. The van der Waals surface area contributed by atoms with Crippen molar-refractivity contribution in [3.05, 3.63) is 53.6 Å². The van der Waals surface area contributed by atoms with E-state index in [-0.39, 0.29) is 5.57 Å². The Morgan fingerprint density at radius 2 is 1.68 bits per heavy atom. The van der Waals surface area contributed by atoms with Crippen molar-refractivity contribution in [1.82, 2.24) is 5.32 Å². The van der Waals surface area contributed by atoms with Crippen molar-refractivity contribution >= 4 is 29.6 Å². The summed E-state index contributed by atoms with van der Waals surface area (Å²) in [5.74, 6) is 0.168. The number of barbiturate groups is 1. The second-order valence-electron chi connectivity index (χ2n) is 6.64. The number of benzene rings is 2. The number of ether oxygens (including phenoxy) is 3. The molecule has 2 aromatic rings. The molecule has 162 valence electrons. The Hall–Kier alpha value is -3.81. The molecule has 8 heteroatoms. The van der Waals surface area contributed by atoms with E-state index in [1.54, 1.807) is 42.5 Å². The smallest absolute Gasteiger partial charge is 0.335 e. The normalized spacial score (nSPS) is 15.1. The van der Waals surface area contributed by atoms with E-state index in [2.05, 4.69) is 5.32 Å². The maximum atomic E-state index is 13.1. The van der Waals surface area contributed by atoms with E-state index in [4.69, 9.17) is 14.2 Å². The summed E-state index contributed by atoms with van der Waals surface area (Å²) in [6.45, 7) is 4.78. The Morgan fingerprint density at radius 1 is 0.968 bits per heavy atom. The summed E-state index contributed by atoms with van der Waals surface area (Å²) in [6.07, 6.45) is 2.20. The third kappa shape index (κ3) is 4.85. The van der Waals surface area contributed by atoms with Crippen LogP contribution >= 0.6 is 0 Å². The summed E-state index contributed by atoms with van der Waals surface area (Å²) in [5.41, 5.74) is 0.662. The molecule has 31 heavy (non-hydrogen) atoms. The number of hydrogen-bond donors (Lipinski definition) is 1. The largest absolute Gasteiger partial charge is 0.497 e. The van der Waals surface area contributed by atoms with Gasteiger partial charge in [0.05, 0.1) is 26.0 Å². The van der Waals surface area contributed by atoms with Gasteiger partial charge in [0.25, 0.3) is 11.8 Å². The Kier molecular flexibility index (Phi) is 6.92. The number of anilines is 1. The highest BCUT2D eigenvalue weighted by Gasteiger charge is 2.37. The van der Waals surface area contributed by atoms with Crippen molar-refractivity contribution < 1.29 is 28.6 Å². The Morgan fingerprint density at radius 3 is 2.32 bits per heavy atom. The van der Waals surface area contributed by atoms with Crippen LogP contribution in [0.1, 0.15) is 25.8 Å². The zero-order valence-electron chi connectivity index (χ0n) is 17.6. The number of rotatable bonds is 8. The van der Waals surface area contributed by atoms with Gasteiger partial charge in [-0.3, -0.25) is 14.9 Å². The molecule has 4 amide bonds. The first-order chi connectivity index (χ1) is 15.0. The Balaban J connectivity index is 1.97. The second-order valence-corrected chi connectivity index (χ2v) is 6.64. The van der Waals surface area contributed by atoms with Gasteiger partial charge in [-0.15, -0.1) is 0 Å². The van der Waals surface area contributed by atoms with Gasteiger partial charge in [-0.05, 0) is 55.8 Å². The fourth-order valence-corrected chi connectivity index (χ4v) is 3.00. The predicted molar refractivity (Wildman–Crippen MR) is 115 cm³/mol. The van der Waals surface area contributed by atoms with Crippen molar-refractivity contribution in [1.29, 1.82) is 0 Å². The van der Waals surface area contributed by atoms with E-state index in [0.29, 0.717) is 41.7 Å². The van der Waals surface area contributed by atoms with E-state index in [9.17, 15) is 14.4 Å². The van der Waals surface area contributed by atoms with Crippen molar-refractivity contribution in [2.24, 2.45) is 0 Å². The number of urea groups is 1. The van der Waals surface area contributed by atoms with Crippen molar-refractivity contribution in [2.75, 3.05) is 25.2 Å². The van der Waals surface area contributed by atoms with Crippen LogP contribution in [0.2, 0.25) is 0 Å². The van der Waals surface area contributed by atoms with Crippen molar-refractivity contribution in [3.8, 4) is 17.2 Å². The number of nitrogens with zero attached hydrogens (tertiary/aromatic N) is 1. The molecule has 1 saturated heterocycles. The average molecular weight is 424 g/mol. The first kappa shape index (κ1) is 21.9. The molecule has 0 unspecified atom stereocenters. The molecule has 8 nitrogen and oxygen atoms in total. The van der Waals surface area contributed by atoms with Gasteiger partial charge in [0, 0.05) is 11.6 Å². The number of amides is 4. The molecule has 0 bridgehead atoms. The van der Waals surface area contributed by atoms with E-state index in [0.717, 1.165) is 11.3 Å². The molecule has 1 N–H and O–H groups in total. The monoisotopic (exact) mass is 424 g/mol. The van der Waals surface area contributed by atoms with Crippen molar-refractivity contribution in [3.63, 3.8) is 0 Å². The maximum Gasteiger partial charge on any atom is 0.335 e. The molecule has 3 rings (SSSR count). The fourth-order valence-electron chi connectivity index (χ4n) is 3.00. The Labute approximate surface area is 180 Å². The summed E-state index contributed by atoms with van der Waals surface area (Å²) in [6, 6.07) is 10.7. The van der Waals surface area contributed by atoms with Gasteiger partial charge in [0.15, 0.2) is 0 Å². The van der Waals surface area contributed by atoms with Crippen LogP contribution in [-0.2, 0) is 9.59 Å². The predicted octanol–water partition coefficient (Wildman–Crippen LogP) is 3.55. The minimum atomic E-state index is -0.812. The summed E-state index contributed by atoms with van der Waals surface area (Å²) in [5, 5.41) is 2.22. The van der Waals surface area contributed by atoms with Crippen LogP contribution in [0.4, 0.5) is 10.5 Å². The molecular weight excluding hydrogens is 400 g/mol. The number of hydrogen-bond acceptors (Lipinski definition) is 6. The SMILES string of the molecule is CCCOc1cc(OC)ccc1/C=C1\C(=O)NC(=O)N(c2ccc(OCC)cc2)C1=O. The summed E-state index contributed by atoms with van der Waals surface area (Å²) in [7, 11) is 1.54. The highest BCUT2D eigenvalue weighted by molar-refractivity contribution is 6.39. The summed E-state index contributed by atoms with van der Waals surface area (Å²) in [4.78, 5) is 38.8. The molecule has 0 atom stereocenters. The van der Waals surface area contributed by atoms with Crippen LogP contribution in [0, 0.1) is 0 Å². The van der Waals surface area contributed by atoms with Gasteiger partial charge in [-0.1, -0.05) is 6.92 Å². The number of carbonyl (C=O) groups excluding carboxylic acids is 3. The third-order valence-corrected chi connectivity index (χ3v) is 4.49. The standard InChI is InChI=1S/C23H24N2O6/c1-4-12-31-20-14-18(29-3)9-6-15(20)13-19-21(26)24-23(28)25(22(19)27)16-7-10-17(11-8-16)30-5-2/h6-11,13-14H,4-5,12H2,1-3H3,(H,24,26,28)/b19-13+. The van der Waals surface area contributed by atoms with Gasteiger partial charge >= 0.3 is 6.03 Å². The lowest BCUT2D eigenvalue weighted by Crippen LogP contribution is -2.54. The molecular formula is C23H24N2O6. The molecule has 0 aliphatic carbocycles. The minimum Gasteiger partial charge on any atom is -0.497 e. The van der Waals surface area contributed by atoms with Gasteiger partial charge in [0.1, 0.15) is 22.8 Å². The van der Waals surface area contributed by atoms with Crippen LogP contribution < -0.4 is 24.4 Å². The van der Waals surface area contributed by atoms with Gasteiger partial charge in [-0.25, -0.2) is 9.69 Å². The van der Waals surface area contributed by atoms with Crippen LogP contribution in [0.3, 0.4) is 0 Å². The van der Waals surface area contributed by atoms with E-state index in [1.807, 2.05) is 13.8 Å². The summed E-state index contributed by atoms with van der Waals surface area (Å²) < 4.78 is 16.4. The highest BCUT2D eigenvalue weighted by atomic mass is 16.5. The van der Waals surface area contributed by atoms with E-state index >= 15 is 0 Å². The topological polar surface area (TPSA) is 94.2 Å². The molecule has 1 aliphatic heterocycles. The van der Waals surface area contributed by atoms with Gasteiger partial charge in [-0.2, -0.15) is 0 Å². The number of carbonyl (C=O) groups is 3. The molecule has 2 aromatic carbocycles. The third-order valence-electron chi connectivity index (χ3n) is 4.49. The van der Waals surface area contributed by atoms with Gasteiger partial charge < -0.3 is 14.2 Å². The highest BCUT2D eigenvalue weighted by Crippen LogP contribution is 2.29. The van der Waals surface area contributed by atoms with Crippen LogP contribution in [0.15, 0.2) is 48.0 Å². The molecule has 1 aliphatic rings.